The third-order valence-electron chi connectivity index (χ3n) is 5.36. The summed E-state index contributed by atoms with van der Waals surface area (Å²) in [4.78, 5) is 34.1. The van der Waals surface area contributed by atoms with Gasteiger partial charge >= 0.3 is 0 Å². The van der Waals surface area contributed by atoms with Crippen molar-refractivity contribution in [1.82, 2.24) is 14.5 Å². The van der Waals surface area contributed by atoms with Gasteiger partial charge in [-0.3, -0.25) is 14.2 Å². The van der Waals surface area contributed by atoms with Crippen molar-refractivity contribution in [2.75, 3.05) is 7.05 Å². The lowest BCUT2D eigenvalue weighted by molar-refractivity contribution is -0.132. The molecular weight excluding hydrogens is 346 g/mol. The summed E-state index contributed by atoms with van der Waals surface area (Å²) in [7, 11) is 1.82. The molecule has 1 amide bonds. The molecule has 0 saturated heterocycles. The van der Waals surface area contributed by atoms with E-state index >= 15 is 0 Å². The Morgan fingerprint density at radius 2 is 2.00 bits per heavy atom. The first-order valence-corrected chi connectivity index (χ1v) is 10.5. The summed E-state index contributed by atoms with van der Waals surface area (Å²) >= 11 is 1.65. The number of likely N-dealkylation sites (N-methyl/N-ethyl adjacent to an activating group) is 1. The summed E-state index contributed by atoms with van der Waals surface area (Å²) in [5.41, 5.74) is 1.12. The van der Waals surface area contributed by atoms with Crippen LogP contribution >= 0.6 is 11.3 Å². The van der Waals surface area contributed by atoms with Gasteiger partial charge in [-0.2, -0.15) is 0 Å². The van der Waals surface area contributed by atoms with E-state index in [1.54, 1.807) is 22.6 Å². The molecule has 1 aliphatic rings. The predicted octanol–water partition coefficient (Wildman–Crippen LogP) is 3.62. The zero-order valence-corrected chi connectivity index (χ0v) is 17.1. The van der Waals surface area contributed by atoms with Crippen LogP contribution < -0.4 is 5.56 Å². The normalized spacial score (nSPS) is 15.7. The van der Waals surface area contributed by atoms with Gasteiger partial charge in [0.15, 0.2) is 0 Å². The lowest BCUT2D eigenvalue weighted by atomic mass is 10.0. The number of nitrogens with zero attached hydrogens (tertiary/aromatic N) is 3. The van der Waals surface area contributed by atoms with Crippen molar-refractivity contribution in [3.05, 3.63) is 27.1 Å². The van der Waals surface area contributed by atoms with Gasteiger partial charge in [-0.15, -0.1) is 11.3 Å². The van der Waals surface area contributed by atoms with Crippen LogP contribution in [0.25, 0.3) is 10.2 Å². The Bertz CT molecular complexity index is 853. The van der Waals surface area contributed by atoms with Crippen molar-refractivity contribution in [3.8, 4) is 0 Å². The van der Waals surface area contributed by atoms with Gasteiger partial charge in [-0.25, -0.2) is 4.98 Å². The van der Waals surface area contributed by atoms with Gasteiger partial charge < -0.3 is 4.90 Å². The molecule has 5 nitrogen and oxygen atoms in total. The minimum atomic E-state index is -0.0623. The molecule has 0 radical (unpaired) electrons. The van der Waals surface area contributed by atoms with Gasteiger partial charge in [0, 0.05) is 18.0 Å². The number of rotatable bonds is 5. The average Bonchev–Trinajstić information content (AvgIpc) is 2.78. The third-order valence-corrected chi connectivity index (χ3v) is 6.56. The van der Waals surface area contributed by atoms with Crippen LogP contribution in [0.1, 0.15) is 56.9 Å². The fraction of sp³-hybridized carbons (Fsp3) is 0.650. The number of thiophene rings is 1. The van der Waals surface area contributed by atoms with Gasteiger partial charge in [0.25, 0.3) is 5.56 Å². The molecule has 0 saturated carbocycles. The van der Waals surface area contributed by atoms with Crippen LogP contribution in [-0.2, 0) is 24.2 Å². The maximum absolute atomic E-state index is 13.0. The van der Waals surface area contributed by atoms with E-state index in [2.05, 4.69) is 25.8 Å². The van der Waals surface area contributed by atoms with Crippen LogP contribution in [0.2, 0.25) is 0 Å². The van der Waals surface area contributed by atoms with E-state index in [0.717, 1.165) is 35.9 Å². The third kappa shape index (κ3) is 3.85. The molecule has 26 heavy (non-hydrogen) atoms. The van der Waals surface area contributed by atoms with Crippen LogP contribution in [0, 0.1) is 5.92 Å². The summed E-state index contributed by atoms with van der Waals surface area (Å²) < 4.78 is 1.49. The summed E-state index contributed by atoms with van der Waals surface area (Å²) in [6, 6.07) is 0.160. The molecule has 0 aromatic carbocycles. The molecule has 1 aliphatic carbocycles. The minimum absolute atomic E-state index is 0.0391. The first kappa shape index (κ1) is 19.1. The Kier molecular flexibility index (Phi) is 5.80. The molecule has 0 fully saturated rings. The largest absolute Gasteiger partial charge is 0.341 e. The number of amides is 1. The lowest BCUT2D eigenvalue weighted by Crippen LogP contribution is -2.39. The Morgan fingerprint density at radius 1 is 1.27 bits per heavy atom. The lowest BCUT2D eigenvalue weighted by Gasteiger charge is -2.26. The van der Waals surface area contributed by atoms with Crippen molar-refractivity contribution >= 4 is 27.5 Å². The molecule has 3 rings (SSSR count). The number of aryl methyl sites for hydroxylation is 2. The molecule has 1 atom stereocenters. The Balaban J connectivity index is 1.87. The van der Waals surface area contributed by atoms with E-state index in [9.17, 15) is 9.59 Å². The fourth-order valence-electron chi connectivity index (χ4n) is 3.81. The summed E-state index contributed by atoms with van der Waals surface area (Å²) in [5.74, 6) is 0.491. The number of hydrogen-bond donors (Lipinski definition) is 0. The van der Waals surface area contributed by atoms with Gasteiger partial charge in [-0.1, -0.05) is 20.3 Å². The molecule has 2 aromatic rings. The summed E-state index contributed by atoms with van der Waals surface area (Å²) in [5, 5.41) is 0.750. The highest BCUT2D eigenvalue weighted by atomic mass is 32.1. The average molecular weight is 376 g/mol. The second-order valence-electron chi connectivity index (χ2n) is 7.91. The molecule has 2 heterocycles. The van der Waals surface area contributed by atoms with E-state index in [4.69, 9.17) is 0 Å². The zero-order valence-electron chi connectivity index (χ0n) is 16.2. The maximum Gasteiger partial charge on any atom is 0.262 e. The number of hydrogen-bond acceptors (Lipinski definition) is 4. The Morgan fingerprint density at radius 3 is 2.73 bits per heavy atom. The molecule has 0 spiro atoms. The van der Waals surface area contributed by atoms with Crippen molar-refractivity contribution in [3.63, 3.8) is 0 Å². The highest BCUT2D eigenvalue weighted by Crippen LogP contribution is 2.32. The number of carbonyl (C=O) groups is 1. The molecule has 0 N–H and O–H groups in total. The van der Waals surface area contributed by atoms with Crippen molar-refractivity contribution < 1.29 is 4.79 Å². The smallest absolute Gasteiger partial charge is 0.262 e. The number of aromatic nitrogens is 2. The minimum Gasteiger partial charge on any atom is -0.341 e. The van der Waals surface area contributed by atoms with E-state index in [1.165, 1.54) is 27.8 Å². The highest BCUT2D eigenvalue weighted by molar-refractivity contribution is 7.18. The van der Waals surface area contributed by atoms with Crippen molar-refractivity contribution in [1.29, 1.82) is 0 Å². The van der Waals surface area contributed by atoms with Crippen molar-refractivity contribution in [2.24, 2.45) is 5.92 Å². The van der Waals surface area contributed by atoms with E-state index in [1.807, 2.05) is 7.05 Å². The molecule has 0 aliphatic heterocycles. The first-order valence-electron chi connectivity index (χ1n) is 9.63. The quantitative estimate of drug-likeness (QED) is 0.750. The zero-order chi connectivity index (χ0) is 18.8. The Hall–Kier alpha value is -1.69. The fourth-order valence-corrected chi connectivity index (χ4v) is 5.03. The van der Waals surface area contributed by atoms with Crippen molar-refractivity contribution in [2.45, 2.75) is 71.9 Å². The maximum atomic E-state index is 13.0. The number of carbonyl (C=O) groups excluding carboxylic acids is 1. The standard InChI is InChI=1S/C20H29N3O2S/c1-13(2)10-14(3)22(4)17(24)11-23-12-21-19-18(20(23)25)15-8-6-5-7-9-16(15)26-19/h12-14H,5-11H2,1-4H3. The van der Waals surface area contributed by atoms with Gasteiger partial charge in [0.1, 0.15) is 11.4 Å². The van der Waals surface area contributed by atoms with E-state index in [0.29, 0.717) is 5.92 Å². The second kappa shape index (κ2) is 7.91. The first-order chi connectivity index (χ1) is 12.4. The van der Waals surface area contributed by atoms with Crippen LogP contribution in [0.5, 0.6) is 0 Å². The van der Waals surface area contributed by atoms with Crippen LogP contribution in [0.15, 0.2) is 11.1 Å². The van der Waals surface area contributed by atoms with Gasteiger partial charge in [0.05, 0.1) is 11.7 Å². The van der Waals surface area contributed by atoms with Gasteiger partial charge in [0.2, 0.25) is 5.91 Å². The topological polar surface area (TPSA) is 55.2 Å². The molecule has 2 aromatic heterocycles. The summed E-state index contributed by atoms with van der Waals surface area (Å²) in [6.07, 6.45) is 8.02. The molecule has 142 valence electrons. The molecule has 6 heteroatoms. The van der Waals surface area contributed by atoms with E-state index < -0.39 is 0 Å². The van der Waals surface area contributed by atoms with Crippen LogP contribution in [0.4, 0.5) is 0 Å². The second-order valence-corrected chi connectivity index (χ2v) is 8.99. The predicted molar refractivity (Wildman–Crippen MR) is 107 cm³/mol. The van der Waals surface area contributed by atoms with Crippen LogP contribution in [-0.4, -0.2) is 33.4 Å². The molecule has 0 bridgehead atoms. The number of fused-ring (bicyclic) bond motifs is 3. The van der Waals surface area contributed by atoms with E-state index in [-0.39, 0.29) is 24.1 Å². The summed E-state index contributed by atoms with van der Waals surface area (Å²) in [6.45, 7) is 6.42. The monoisotopic (exact) mass is 375 g/mol. The Labute approximate surface area is 159 Å². The van der Waals surface area contributed by atoms with Crippen LogP contribution in [0.3, 0.4) is 0 Å². The SMILES string of the molecule is CC(C)CC(C)N(C)C(=O)Cn1cnc2sc3c(c2c1=O)CCCCC3. The molecular formula is C20H29N3O2S. The van der Waals surface area contributed by atoms with Gasteiger partial charge in [-0.05, 0) is 50.5 Å². The molecule has 1 unspecified atom stereocenters. The highest BCUT2D eigenvalue weighted by Gasteiger charge is 2.21.